The lowest BCUT2D eigenvalue weighted by atomic mass is 9.64. The Morgan fingerprint density at radius 1 is 1.32 bits per heavy atom. The van der Waals surface area contributed by atoms with Crippen LogP contribution in [0.15, 0.2) is 30.3 Å². The molecule has 1 aliphatic heterocycles. The summed E-state index contributed by atoms with van der Waals surface area (Å²) in [5.41, 5.74) is 1.53. The van der Waals surface area contributed by atoms with Gasteiger partial charge in [-0.05, 0) is 18.9 Å². The zero-order valence-corrected chi connectivity index (χ0v) is 12.3. The predicted octanol–water partition coefficient (Wildman–Crippen LogP) is 2.07. The Balaban J connectivity index is 2.25. The smallest absolute Gasteiger partial charge is 0.0850 e. The summed E-state index contributed by atoms with van der Waals surface area (Å²) in [6.07, 6.45) is 2.88. The normalized spacial score (nSPS) is 34.7. The molecule has 0 saturated carbocycles. The van der Waals surface area contributed by atoms with Crippen molar-refractivity contribution in [2.24, 2.45) is 11.3 Å². The molecule has 2 nitrogen and oxygen atoms in total. The molecule has 1 saturated heterocycles. The fraction of sp³-hybridized carbons (Fsp3) is 0.588. The summed E-state index contributed by atoms with van der Waals surface area (Å²) in [6, 6.07) is 13.8. The summed E-state index contributed by atoms with van der Waals surface area (Å²) in [5, 5.41) is 9.27. The maximum atomic E-state index is 9.27. The van der Waals surface area contributed by atoms with Gasteiger partial charge in [-0.15, -0.1) is 0 Å². The van der Waals surface area contributed by atoms with Gasteiger partial charge in [0.15, 0.2) is 0 Å². The lowest BCUT2D eigenvalue weighted by Crippen LogP contribution is -3.15. The molecule has 1 aliphatic rings. The van der Waals surface area contributed by atoms with Crippen LogP contribution in [0.5, 0.6) is 0 Å². The first-order valence-corrected chi connectivity index (χ1v) is 7.30. The maximum Gasteiger partial charge on any atom is 0.0850 e. The van der Waals surface area contributed by atoms with E-state index in [-0.39, 0.29) is 5.41 Å². The van der Waals surface area contributed by atoms with Gasteiger partial charge in [0.2, 0.25) is 0 Å². The van der Waals surface area contributed by atoms with Crippen LogP contribution in [-0.4, -0.2) is 19.6 Å². The molecule has 102 valence electrons. The number of rotatable bonds is 3. The molecule has 0 radical (unpaired) electrons. The molecule has 2 heteroatoms. The molecule has 0 amide bonds. The van der Waals surface area contributed by atoms with Gasteiger partial charge in [0.05, 0.1) is 25.7 Å². The number of likely N-dealkylation sites (tertiary alicyclic amines) is 1. The molecule has 1 heterocycles. The Bertz CT molecular complexity index is 448. The van der Waals surface area contributed by atoms with Crippen LogP contribution < -0.4 is 4.90 Å². The molecule has 1 unspecified atom stereocenters. The van der Waals surface area contributed by atoms with E-state index in [0.29, 0.717) is 18.4 Å². The fourth-order valence-electron chi connectivity index (χ4n) is 3.60. The summed E-state index contributed by atoms with van der Waals surface area (Å²) in [5.74, 6) is 0.601. The summed E-state index contributed by atoms with van der Waals surface area (Å²) in [6.45, 7) is 5.82. The third-order valence-electron chi connectivity index (χ3n) is 5.06. The number of nitriles is 1. The number of nitrogens with zero attached hydrogens (tertiary/aromatic N) is 1. The first-order chi connectivity index (χ1) is 9.07. The lowest BCUT2D eigenvalue weighted by molar-refractivity contribution is -0.916. The third kappa shape index (κ3) is 2.98. The second-order valence-electron chi connectivity index (χ2n) is 6.42. The van der Waals surface area contributed by atoms with Gasteiger partial charge in [-0.3, -0.25) is 0 Å². The zero-order chi connectivity index (χ0) is 13.9. The van der Waals surface area contributed by atoms with Crippen molar-refractivity contribution in [1.29, 1.82) is 5.26 Å². The van der Waals surface area contributed by atoms with E-state index in [4.69, 9.17) is 0 Å². The minimum Gasteiger partial charge on any atom is -0.335 e. The van der Waals surface area contributed by atoms with Crippen LogP contribution in [0.4, 0.5) is 0 Å². The summed E-state index contributed by atoms with van der Waals surface area (Å²) < 4.78 is 0. The van der Waals surface area contributed by atoms with Gasteiger partial charge in [-0.25, -0.2) is 0 Å². The van der Waals surface area contributed by atoms with Crippen molar-refractivity contribution in [3.63, 3.8) is 0 Å². The number of benzene rings is 1. The monoisotopic (exact) mass is 257 g/mol. The van der Waals surface area contributed by atoms with Crippen molar-refractivity contribution in [3.8, 4) is 6.07 Å². The second kappa shape index (κ2) is 5.75. The minimum atomic E-state index is 0.162. The van der Waals surface area contributed by atoms with Gasteiger partial charge in [0, 0.05) is 24.2 Å². The van der Waals surface area contributed by atoms with Gasteiger partial charge in [-0.1, -0.05) is 37.3 Å². The Kier molecular flexibility index (Phi) is 4.27. The van der Waals surface area contributed by atoms with Crippen LogP contribution in [0.1, 0.15) is 32.3 Å². The van der Waals surface area contributed by atoms with Crippen LogP contribution in [0.25, 0.3) is 0 Å². The standard InChI is InChI=1S/C17H24N2/c1-14-13-19(3)15(2)11-17(14,9-10-18)12-16-7-5-4-6-8-16/h4-8,14-15H,9,11-13H2,1-3H3/p+1/t14-,15-,17+/m1/s1. The molecule has 0 spiro atoms. The average molecular weight is 257 g/mol. The summed E-state index contributed by atoms with van der Waals surface area (Å²) in [7, 11) is 2.28. The number of hydrogen-bond donors (Lipinski definition) is 1. The van der Waals surface area contributed by atoms with Crippen LogP contribution in [0.3, 0.4) is 0 Å². The lowest BCUT2D eigenvalue weighted by Gasteiger charge is -2.46. The van der Waals surface area contributed by atoms with Gasteiger partial charge in [0.25, 0.3) is 0 Å². The summed E-state index contributed by atoms with van der Waals surface area (Å²) in [4.78, 5) is 1.61. The topological polar surface area (TPSA) is 28.2 Å². The molecular weight excluding hydrogens is 232 g/mol. The maximum absolute atomic E-state index is 9.27. The van der Waals surface area contributed by atoms with E-state index in [9.17, 15) is 5.26 Å². The highest BCUT2D eigenvalue weighted by atomic mass is 15.1. The molecule has 0 bridgehead atoms. The van der Waals surface area contributed by atoms with E-state index in [2.05, 4.69) is 57.3 Å². The van der Waals surface area contributed by atoms with Crippen molar-refractivity contribution in [2.45, 2.75) is 39.2 Å². The molecular formula is C17H25N2+. The first kappa shape index (κ1) is 14.1. The van der Waals surface area contributed by atoms with E-state index in [0.717, 1.165) is 12.8 Å². The number of piperidine rings is 1. The van der Waals surface area contributed by atoms with Gasteiger partial charge < -0.3 is 4.90 Å². The van der Waals surface area contributed by atoms with Crippen molar-refractivity contribution in [1.82, 2.24) is 0 Å². The minimum absolute atomic E-state index is 0.162. The van der Waals surface area contributed by atoms with Crippen LogP contribution in [0, 0.1) is 22.7 Å². The van der Waals surface area contributed by atoms with E-state index in [1.807, 2.05) is 0 Å². The van der Waals surface area contributed by atoms with Gasteiger partial charge in [0.1, 0.15) is 0 Å². The fourth-order valence-corrected chi connectivity index (χ4v) is 3.60. The number of hydrogen-bond acceptors (Lipinski definition) is 1. The number of nitrogens with one attached hydrogen (secondary N) is 1. The van der Waals surface area contributed by atoms with Crippen molar-refractivity contribution in [3.05, 3.63) is 35.9 Å². The molecule has 1 N–H and O–H groups in total. The molecule has 0 aromatic heterocycles. The highest BCUT2D eigenvalue weighted by molar-refractivity contribution is 5.18. The molecule has 2 rings (SSSR count). The average Bonchev–Trinajstić information content (AvgIpc) is 2.38. The van der Waals surface area contributed by atoms with Crippen molar-refractivity contribution >= 4 is 0 Å². The van der Waals surface area contributed by atoms with Crippen LogP contribution in [-0.2, 0) is 6.42 Å². The Hall–Kier alpha value is -1.33. The highest BCUT2D eigenvalue weighted by Gasteiger charge is 2.44. The first-order valence-electron chi connectivity index (χ1n) is 7.30. The second-order valence-corrected chi connectivity index (χ2v) is 6.42. The van der Waals surface area contributed by atoms with E-state index in [1.54, 1.807) is 4.90 Å². The van der Waals surface area contributed by atoms with Crippen molar-refractivity contribution in [2.75, 3.05) is 13.6 Å². The van der Waals surface area contributed by atoms with Gasteiger partial charge in [-0.2, -0.15) is 5.26 Å². The SMILES string of the molecule is C[C@@H]1C[C@@](CC#N)(Cc2ccccc2)[C@H](C)C[NH+]1C. The predicted molar refractivity (Wildman–Crippen MR) is 77.8 cm³/mol. The molecule has 4 atom stereocenters. The summed E-state index contributed by atoms with van der Waals surface area (Å²) >= 11 is 0. The van der Waals surface area contributed by atoms with E-state index >= 15 is 0 Å². The molecule has 1 aromatic carbocycles. The Morgan fingerprint density at radius 2 is 2.00 bits per heavy atom. The third-order valence-corrected chi connectivity index (χ3v) is 5.06. The largest absolute Gasteiger partial charge is 0.335 e. The molecule has 1 fully saturated rings. The molecule has 19 heavy (non-hydrogen) atoms. The molecule has 0 aliphatic carbocycles. The number of quaternary nitrogens is 1. The zero-order valence-electron chi connectivity index (χ0n) is 12.3. The Morgan fingerprint density at radius 3 is 2.63 bits per heavy atom. The van der Waals surface area contributed by atoms with Gasteiger partial charge >= 0.3 is 0 Å². The van der Waals surface area contributed by atoms with Crippen LogP contribution in [0.2, 0.25) is 0 Å². The van der Waals surface area contributed by atoms with Crippen molar-refractivity contribution < 1.29 is 4.90 Å². The van der Waals surface area contributed by atoms with E-state index < -0.39 is 0 Å². The van der Waals surface area contributed by atoms with E-state index in [1.165, 1.54) is 12.1 Å². The van der Waals surface area contributed by atoms with Crippen LogP contribution >= 0.6 is 0 Å². The quantitative estimate of drug-likeness (QED) is 0.882. The molecule has 1 aromatic rings. The Labute approximate surface area is 117 Å². The highest BCUT2D eigenvalue weighted by Crippen LogP contribution is 2.40.